The van der Waals surface area contributed by atoms with Crippen molar-refractivity contribution < 1.29 is 14.3 Å². The summed E-state index contributed by atoms with van der Waals surface area (Å²) in [6, 6.07) is 13.2. The molecule has 1 heterocycles. The van der Waals surface area contributed by atoms with E-state index in [9.17, 15) is 9.59 Å². The SMILES string of the molecule is COC(=O)c1ccc2nc(NC(=O)Cc3ccc(SC(C)C)cc3)sc2c1. The molecule has 0 radical (unpaired) electrons. The van der Waals surface area contributed by atoms with Crippen LogP contribution in [0.1, 0.15) is 29.8 Å². The lowest BCUT2D eigenvalue weighted by molar-refractivity contribution is -0.115. The number of methoxy groups -OCH3 is 1. The lowest BCUT2D eigenvalue weighted by atomic mass is 10.1. The normalized spacial score (nSPS) is 11.0. The van der Waals surface area contributed by atoms with Gasteiger partial charge in [-0.15, -0.1) is 11.8 Å². The van der Waals surface area contributed by atoms with E-state index in [1.807, 2.05) is 24.3 Å². The molecule has 0 aliphatic carbocycles. The molecule has 0 aliphatic heterocycles. The van der Waals surface area contributed by atoms with Crippen molar-refractivity contribution in [1.29, 1.82) is 0 Å². The van der Waals surface area contributed by atoms with Crippen molar-refractivity contribution in [1.82, 2.24) is 4.98 Å². The van der Waals surface area contributed by atoms with E-state index in [2.05, 4.69) is 24.1 Å². The lowest BCUT2D eigenvalue weighted by Crippen LogP contribution is -2.14. The van der Waals surface area contributed by atoms with Crippen molar-refractivity contribution >= 4 is 50.3 Å². The summed E-state index contributed by atoms with van der Waals surface area (Å²) in [5.41, 5.74) is 2.15. The molecule has 7 heteroatoms. The minimum atomic E-state index is -0.394. The van der Waals surface area contributed by atoms with Gasteiger partial charge in [0.15, 0.2) is 5.13 Å². The third-order valence-electron chi connectivity index (χ3n) is 3.72. The maximum Gasteiger partial charge on any atom is 0.337 e. The summed E-state index contributed by atoms with van der Waals surface area (Å²) in [5, 5.41) is 3.88. The van der Waals surface area contributed by atoms with Crippen molar-refractivity contribution in [2.75, 3.05) is 12.4 Å². The van der Waals surface area contributed by atoms with E-state index >= 15 is 0 Å². The van der Waals surface area contributed by atoms with E-state index in [1.165, 1.54) is 23.3 Å². The molecule has 1 N–H and O–H groups in total. The second-order valence-electron chi connectivity index (χ2n) is 6.23. The first-order valence-corrected chi connectivity index (χ1v) is 10.2. The number of esters is 1. The number of nitrogens with one attached hydrogen (secondary N) is 1. The summed E-state index contributed by atoms with van der Waals surface area (Å²) in [6.45, 7) is 4.30. The molecule has 0 unspecified atom stereocenters. The van der Waals surface area contributed by atoms with E-state index in [1.54, 1.807) is 30.0 Å². The molecule has 0 bridgehead atoms. The first-order chi connectivity index (χ1) is 12.9. The molecule has 3 rings (SSSR count). The first kappa shape index (κ1) is 19.4. The van der Waals surface area contributed by atoms with Crippen LogP contribution in [0.3, 0.4) is 0 Å². The number of amides is 1. The van der Waals surface area contributed by atoms with Gasteiger partial charge in [-0.2, -0.15) is 0 Å². The van der Waals surface area contributed by atoms with Crippen LogP contribution in [-0.4, -0.2) is 29.2 Å². The Labute approximate surface area is 166 Å². The Morgan fingerprint density at radius 1 is 1.19 bits per heavy atom. The maximum atomic E-state index is 12.3. The molecule has 0 saturated carbocycles. The number of carbonyl (C=O) groups is 2. The van der Waals surface area contributed by atoms with Crippen LogP contribution in [0.4, 0.5) is 5.13 Å². The fourth-order valence-corrected chi connectivity index (χ4v) is 4.29. The average Bonchev–Trinajstić information content (AvgIpc) is 3.03. The number of rotatable bonds is 6. The highest BCUT2D eigenvalue weighted by molar-refractivity contribution is 7.99. The van der Waals surface area contributed by atoms with Gasteiger partial charge in [0.2, 0.25) is 5.91 Å². The smallest absolute Gasteiger partial charge is 0.337 e. The van der Waals surface area contributed by atoms with Crippen LogP contribution in [0.15, 0.2) is 47.4 Å². The van der Waals surface area contributed by atoms with Crippen LogP contribution >= 0.6 is 23.1 Å². The molecule has 27 heavy (non-hydrogen) atoms. The van der Waals surface area contributed by atoms with Gasteiger partial charge in [0, 0.05) is 10.1 Å². The number of hydrogen-bond donors (Lipinski definition) is 1. The molecule has 2 aromatic carbocycles. The summed E-state index contributed by atoms with van der Waals surface area (Å²) in [7, 11) is 1.35. The van der Waals surface area contributed by atoms with Gasteiger partial charge in [-0.25, -0.2) is 9.78 Å². The van der Waals surface area contributed by atoms with E-state index in [-0.39, 0.29) is 12.3 Å². The maximum absolute atomic E-state index is 12.3. The molecule has 0 saturated heterocycles. The molecule has 0 fully saturated rings. The van der Waals surface area contributed by atoms with Gasteiger partial charge in [0.05, 0.1) is 29.3 Å². The van der Waals surface area contributed by atoms with Gasteiger partial charge >= 0.3 is 5.97 Å². The van der Waals surface area contributed by atoms with E-state index in [0.717, 1.165) is 15.8 Å². The van der Waals surface area contributed by atoms with Crippen molar-refractivity contribution in [2.45, 2.75) is 30.4 Å². The predicted molar refractivity (Wildman–Crippen MR) is 111 cm³/mol. The molecular formula is C20H20N2O3S2. The summed E-state index contributed by atoms with van der Waals surface area (Å²) in [6.07, 6.45) is 0.288. The number of hydrogen-bond acceptors (Lipinski definition) is 6. The molecule has 0 spiro atoms. The second-order valence-corrected chi connectivity index (χ2v) is 8.91. The second kappa shape index (κ2) is 8.54. The molecule has 0 aliphatic rings. The monoisotopic (exact) mass is 400 g/mol. The largest absolute Gasteiger partial charge is 0.465 e. The summed E-state index contributed by atoms with van der Waals surface area (Å²) >= 11 is 3.13. The molecular weight excluding hydrogens is 380 g/mol. The lowest BCUT2D eigenvalue weighted by Gasteiger charge is -2.06. The van der Waals surface area contributed by atoms with E-state index < -0.39 is 5.97 Å². The van der Waals surface area contributed by atoms with Gasteiger partial charge in [0.25, 0.3) is 0 Å². The Hall–Kier alpha value is -2.38. The first-order valence-electron chi connectivity index (χ1n) is 8.49. The number of fused-ring (bicyclic) bond motifs is 1. The minimum Gasteiger partial charge on any atom is -0.465 e. The molecule has 5 nitrogen and oxygen atoms in total. The van der Waals surface area contributed by atoms with Crippen LogP contribution in [0.5, 0.6) is 0 Å². The van der Waals surface area contributed by atoms with E-state index in [4.69, 9.17) is 4.74 Å². The average molecular weight is 401 g/mol. The molecule has 0 atom stereocenters. The number of ether oxygens (including phenoxy) is 1. The zero-order chi connectivity index (χ0) is 19.4. The predicted octanol–water partition coefficient (Wildman–Crippen LogP) is 4.76. The van der Waals surface area contributed by atoms with Gasteiger partial charge in [0.1, 0.15) is 0 Å². The number of thiazole rings is 1. The molecule has 1 aromatic heterocycles. The van der Waals surface area contributed by atoms with Crippen molar-refractivity contribution in [3.05, 3.63) is 53.6 Å². The molecule has 1 amide bonds. The zero-order valence-electron chi connectivity index (χ0n) is 15.3. The van der Waals surface area contributed by atoms with Crippen LogP contribution in [-0.2, 0) is 16.0 Å². The zero-order valence-corrected chi connectivity index (χ0v) is 16.9. The Morgan fingerprint density at radius 3 is 2.59 bits per heavy atom. The highest BCUT2D eigenvalue weighted by Crippen LogP contribution is 2.27. The van der Waals surface area contributed by atoms with Gasteiger partial charge in [-0.3, -0.25) is 4.79 Å². The Balaban J connectivity index is 1.66. The summed E-state index contributed by atoms with van der Waals surface area (Å²) in [5.74, 6) is -0.513. The number of nitrogens with zero attached hydrogens (tertiary/aromatic N) is 1. The number of benzene rings is 2. The Bertz CT molecular complexity index is 965. The topological polar surface area (TPSA) is 68.3 Å². The van der Waals surface area contributed by atoms with Crippen molar-refractivity contribution in [2.24, 2.45) is 0 Å². The van der Waals surface area contributed by atoms with Crippen LogP contribution in [0.2, 0.25) is 0 Å². The van der Waals surface area contributed by atoms with Crippen molar-refractivity contribution in [3.63, 3.8) is 0 Å². The van der Waals surface area contributed by atoms with Crippen LogP contribution < -0.4 is 5.32 Å². The third kappa shape index (κ3) is 5.08. The number of thioether (sulfide) groups is 1. The molecule has 3 aromatic rings. The van der Waals surface area contributed by atoms with E-state index in [0.29, 0.717) is 15.9 Å². The van der Waals surface area contributed by atoms with Crippen LogP contribution in [0, 0.1) is 0 Å². The third-order valence-corrected chi connectivity index (χ3v) is 5.67. The fraction of sp³-hybridized carbons (Fsp3) is 0.250. The summed E-state index contributed by atoms with van der Waals surface area (Å²) in [4.78, 5) is 29.5. The quantitative estimate of drug-likeness (QED) is 0.477. The highest BCUT2D eigenvalue weighted by Gasteiger charge is 2.12. The van der Waals surface area contributed by atoms with Crippen molar-refractivity contribution in [3.8, 4) is 0 Å². The minimum absolute atomic E-state index is 0.119. The fourth-order valence-electron chi connectivity index (χ4n) is 2.53. The number of aromatic nitrogens is 1. The molecule has 140 valence electrons. The van der Waals surface area contributed by atoms with Crippen LogP contribution in [0.25, 0.3) is 10.2 Å². The van der Waals surface area contributed by atoms with Gasteiger partial charge < -0.3 is 10.1 Å². The standard InChI is InChI=1S/C20H20N2O3S2/c1-12(2)26-15-7-4-13(5-8-15)10-18(23)22-20-21-16-9-6-14(19(24)25-3)11-17(16)27-20/h4-9,11-12H,10H2,1-3H3,(H,21,22,23). The Kier molecular flexibility index (Phi) is 6.13. The Morgan fingerprint density at radius 2 is 1.93 bits per heavy atom. The van der Waals surface area contributed by atoms with Gasteiger partial charge in [-0.1, -0.05) is 37.3 Å². The number of carbonyl (C=O) groups excluding carboxylic acids is 2. The van der Waals surface area contributed by atoms with Gasteiger partial charge in [-0.05, 0) is 35.9 Å². The summed E-state index contributed by atoms with van der Waals surface area (Å²) < 4.78 is 5.55. The number of anilines is 1. The highest BCUT2D eigenvalue weighted by atomic mass is 32.2.